The summed E-state index contributed by atoms with van der Waals surface area (Å²) < 4.78 is 66.8. The van der Waals surface area contributed by atoms with Crippen molar-refractivity contribution in [1.29, 1.82) is 0 Å². The maximum atomic E-state index is 13.4. The molecule has 6 nitrogen and oxygen atoms in total. The molecule has 1 N–H and O–H groups in total. The van der Waals surface area contributed by atoms with Gasteiger partial charge in [-0.05, 0) is 74.9 Å². The number of carbonyl (C=O) groups excluding carboxylic acids is 1. The standard InChI is InChI=1S/C13H16ClFO.C13H17FO2.C13H15FO2.B.Cl2OS.Na.H/c1-3-13(4-2)7-9-5-11(15)6-10(8-14)12(9)16-13;2*1-3-13(4-2)7-9-5-11(14)6-10(8-15)12(9)16-13;;1-4(2)3;;/h5-6H,3-4,7-8H2,1-2H3;5-6,15H,3-4,7-8H2,1-2H3;5-6,8H,3-4,7H2,1-2H3;;;;/q;;;;;+1;-1. The molecule has 3 heterocycles. The molecule has 3 aliphatic rings. The summed E-state index contributed by atoms with van der Waals surface area (Å²) in [7, 11) is 7.36. The van der Waals surface area contributed by atoms with Gasteiger partial charge in [-0.2, -0.15) is 0 Å². The minimum atomic E-state index is -1.67. The van der Waals surface area contributed by atoms with Crippen molar-refractivity contribution in [2.75, 3.05) is 0 Å². The molecule has 3 aromatic carbocycles. The van der Waals surface area contributed by atoms with E-state index in [1.807, 2.05) is 13.8 Å². The van der Waals surface area contributed by atoms with Crippen molar-refractivity contribution in [2.24, 2.45) is 0 Å². The number of halogens is 6. The van der Waals surface area contributed by atoms with Gasteiger partial charge in [-0.3, -0.25) is 4.79 Å². The minimum Gasteiger partial charge on any atom is -1.00 e. The Labute approximate surface area is 360 Å². The van der Waals surface area contributed by atoms with Crippen molar-refractivity contribution < 1.29 is 72.5 Å². The van der Waals surface area contributed by atoms with Gasteiger partial charge in [0.05, 0.1) is 18.1 Å². The molecule has 15 heteroatoms. The molecule has 3 aliphatic heterocycles. The van der Waals surface area contributed by atoms with Gasteiger partial charge in [0.1, 0.15) is 51.5 Å². The maximum Gasteiger partial charge on any atom is 1.00 e. The number of fused-ring (bicyclic) bond motifs is 3. The van der Waals surface area contributed by atoms with Crippen LogP contribution in [0.1, 0.15) is 120 Å². The second kappa shape index (κ2) is 22.5. The van der Waals surface area contributed by atoms with Crippen LogP contribution in [-0.2, 0) is 41.0 Å². The van der Waals surface area contributed by atoms with Crippen LogP contribution in [0.4, 0.5) is 13.2 Å². The number of aldehydes is 1. The number of alkyl halides is 1. The number of benzene rings is 3. The van der Waals surface area contributed by atoms with E-state index in [-0.39, 0.29) is 80.3 Å². The minimum absolute atomic E-state index is 0. The molecule has 0 atom stereocenters. The molecule has 293 valence electrons. The number of rotatable bonds is 9. The summed E-state index contributed by atoms with van der Waals surface area (Å²) in [5.74, 6) is 1.47. The Hall–Kier alpha value is -1.44. The van der Waals surface area contributed by atoms with Gasteiger partial charge in [-0.15, -0.1) is 11.6 Å². The van der Waals surface area contributed by atoms with E-state index < -0.39 is 9.23 Å². The van der Waals surface area contributed by atoms with E-state index in [0.717, 1.165) is 79.4 Å². The van der Waals surface area contributed by atoms with Gasteiger partial charge in [0, 0.05) is 76.9 Å². The first-order valence-corrected chi connectivity index (χ1v) is 20.9. The Morgan fingerprint density at radius 3 is 1.33 bits per heavy atom. The van der Waals surface area contributed by atoms with Gasteiger partial charge in [0.2, 0.25) is 9.23 Å². The van der Waals surface area contributed by atoms with Crippen molar-refractivity contribution >= 4 is 56.9 Å². The number of aliphatic hydroxyl groups excluding tert-OH is 1. The van der Waals surface area contributed by atoms with E-state index >= 15 is 0 Å². The molecule has 0 aliphatic carbocycles. The van der Waals surface area contributed by atoms with Crippen molar-refractivity contribution in [3.8, 4) is 17.2 Å². The molecule has 0 fully saturated rings. The number of hydrogen-bond donors (Lipinski definition) is 1. The molecule has 0 aromatic heterocycles. The number of ether oxygens (including phenoxy) is 3. The average molecular weight is 843 g/mol. The normalized spacial score (nSPS) is 15.7. The fraction of sp³-hybridized carbons (Fsp3) is 0.513. The summed E-state index contributed by atoms with van der Waals surface area (Å²) in [6.07, 6.45) is 8.24. The first-order chi connectivity index (χ1) is 24.6. The zero-order chi connectivity index (χ0) is 38.9. The van der Waals surface area contributed by atoms with Crippen molar-refractivity contribution in [1.82, 2.24) is 0 Å². The zero-order valence-corrected chi connectivity index (χ0v) is 37.1. The average Bonchev–Trinajstić information content (AvgIpc) is 3.82. The van der Waals surface area contributed by atoms with E-state index in [1.54, 1.807) is 6.07 Å². The topological polar surface area (TPSA) is 82.1 Å². The van der Waals surface area contributed by atoms with E-state index in [4.69, 9.17) is 30.0 Å². The van der Waals surface area contributed by atoms with E-state index in [0.29, 0.717) is 41.2 Å². The molecule has 0 amide bonds. The molecular weight excluding hydrogens is 794 g/mol. The third-order valence-electron chi connectivity index (χ3n) is 10.4. The number of carbonyl (C=O) groups is 1. The molecule has 0 unspecified atom stereocenters. The Morgan fingerprint density at radius 1 is 0.685 bits per heavy atom. The molecule has 3 radical (unpaired) electrons. The van der Waals surface area contributed by atoms with Crippen LogP contribution in [0.25, 0.3) is 0 Å². The van der Waals surface area contributed by atoms with Gasteiger partial charge in [0.25, 0.3) is 0 Å². The molecule has 0 spiro atoms. The van der Waals surface area contributed by atoms with Crippen LogP contribution in [0, 0.1) is 17.5 Å². The second-order valence-corrected chi connectivity index (χ2v) is 16.0. The van der Waals surface area contributed by atoms with E-state index in [2.05, 4.69) is 49.1 Å². The number of aliphatic hydroxyl groups is 1. The monoisotopic (exact) mass is 841 g/mol. The molecule has 6 rings (SSSR count). The summed E-state index contributed by atoms with van der Waals surface area (Å²) in [6, 6.07) is 8.59. The van der Waals surface area contributed by atoms with Crippen LogP contribution in [0.2, 0.25) is 0 Å². The predicted molar refractivity (Wildman–Crippen MR) is 210 cm³/mol. The Kier molecular flexibility index (Phi) is 21.1. The van der Waals surface area contributed by atoms with Crippen molar-refractivity contribution in [3.05, 3.63) is 87.2 Å². The fourth-order valence-electron chi connectivity index (χ4n) is 6.91. The van der Waals surface area contributed by atoms with Crippen LogP contribution >= 0.6 is 33.0 Å². The third-order valence-corrected chi connectivity index (χ3v) is 10.7. The molecule has 0 saturated carbocycles. The molecule has 0 saturated heterocycles. The molecular formula is C39H49BCl3F3NaO6S. The summed E-state index contributed by atoms with van der Waals surface area (Å²) >= 11 is 5.82. The Morgan fingerprint density at radius 2 is 1.00 bits per heavy atom. The van der Waals surface area contributed by atoms with Crippen LogP contribution in [0.5, 0.6) is 17.2 Å². The molecule has 3 aromatic rings. The molecule has 0 bridgehead atoms. The first kappa shape index (κ1) is 50.6. The van der Waals surface area contributed by atoms with Crippen LogP contribution < -0.4 is 43.8 Å². The van der Waals surface area contributed by atoms with E-state index in [1.165, 1.54) is 30.3 Å². The smallest absolute Gasteiger partial charge is 1.00 e. The summed E-state index contributed by atoms with van der Waals surface area (Å²) in [5.41, 5.74) is 3.67. The van der Waals surface area contributed by atoms with Crippen molar-refractivity contribution in [2.45, 2.75) is 129 Å². The largest absolute Gasteiger partial charge is 1.00 e. The van der Waals surface area contributed by atoms with Gasteiger partial charge >= 0.3 is 29.6 Å². The SMILES string of the molecule is CCC1(CC)Cc2cc(F)cc(C=O)c2O1.CCC1(CC)Cc2cc(F)cc(CCl)c2O1.CCC1(CC)Cc2cc(F)cc(CO)c2O1.O=S(Cl)Cl.[B].[H-].[Na+]. The molecule has 54 heavy (non-hydrogen) atoms. The summed E-state index contributed by atoms with van der Waals surface area (Å²) in [5, 5.41) is 9.20. The Balaban J connectivity index is 0.000000738. The Bertz CT molecular complexity index is 1650. The fourth-order valence-corrected chi connectivity index (χ4v) is 7.11. The zero-order valence-electron chi connectivity index (χ0n) is 33.1. The van der Waals surface area contributed by atoms with Gasteiger partial charge in [-0.25, -0.2) is 17.4 Å². The van der Waals surface area contributed by atoms with Crippen LogP contribution in [0.3, 0.4) is 0 Å². The first-order valence-electron chi connectivity index (χ1n) is 17.5. The number of hydrogen-bond acceptors (Lipinski definition) is 6. The van der Waals surface area contributed by atoms with Gasteiger partial charge in [0.15, 0.2) is 6.29 Å². The predicted octanol–water partition coefficient (Wildman–Crippen LogP) is 7.78. The van der Waals surface area contributed by atoms with Crippen LogP contribution in [-0.4, -0.2) is 40.8 Å². The third kappa shape index (κ3) is 12.3. The van der Waals surface area contributed by atoms with Crippen LogP contribution in [0.15, 0.2) is 36.4 Å². The maximum absolute atomic E-state index is 13.4. The quantitative estimate of drug-likeness (QED) is 0.103. The van der Waals surface area contributed by atoms with Crippen molar-refractivity contribution in [3.63, 3.8) is 0 Å². The van der Waals surface area contributed by atoms with E-state index in [9.17, 15) is 23.1 Å². The van der Waals surface area contributed by atoms with Gasteiger partial charge in [-0.1, -0.05) is 41.5 Å². The second-order valence-electron chi connectivity index (χ2n) is 13.2. The van der Waals surface area contributed by atoms with Gasteiger partial charge < -0.3 is 20.7 Å². The summed E-state index contributed by atoms with van der Waals surface area (Å²) in [4.78, 5) is 10.9. The summed E-state index contributed by atoms with van der Waals surface area (Å²) in [6.45, 7) is 12.3.